The van der Waals surface area contributed by atoms with Crippen molar-refractivity contribution in [2.24, 2.45) is 5.41 Å². The number of fused-ring (bicyclic) bond motifs is 1. The topological polar surface area (TPSA) is 98.8 Å². The summed E-state index contributed by atoms with van der Waals surface area (Å²) in [6, 6.07) is 5.30. The number of imide groups is 1. The van der Waals surface area contributed by atoms with Gasteiger partial charge < -0.3 is 15.1 Å². The lowest BCUT2D eigenvalue weighted by atomic mass is 9.95. The Morgan fingerprint density at radius 2 is 1.75 bits per heavy atom. The third-order valence-electron chi connectivity index (χ3n) is 8.20. The normalized spacial score (nSPS) is 21.7. The van der Waals surface area contributed by atoms with Crippen molar-refractivity contribution in [3.05, 3.63) is 64.7 Å². The summed E-state index contributed by atoms with van der Waals surface area (Å²) in [7, 11) is 1.51. The van der Waals surface area contributed by atoms with Gasteiger partial charge in [0.15, 0.2) is 0 Å². The van der Waals surface area contributed by atoms with Crippen LogP contribution in [0.5, 0.6) is 0 Å². The number of carbonyl (C=O) groups excluding carboxylic acids is 4. The van der Waals surface area contributed by atoms with Crippen LogP contribution in [0.1, 0.15) is 42.5 Å². The summed E-state index contributed by atoms with van der Waals surface area (Å²) in [4.78, 5) is 52.7. The van der Waals surface area contributed by atoms with Crippen molar-refractivity contribution in [3.63, 3.8) is 0 Å². The first-order valence-electron chi connectivity index (χ1n) is 12.5. The highest BCUT2D eigenvalue weighted by Gasteiger charge is 2.69. The number of alkyl halides is 3. The average Bonchev–Trinajstić information content (AvgIpc) is 3.58. The number of hydrogen-bond acceptors (Lipinski definition) is 4. The third kappa shape index (κ3) is 4.37. The number of nitrogens with one attached hydrogen (secondary N) is 2. The molecule has 0 aromatic heterocycles. The molecule has 2 aromatic carbocycles. The lowest BCUT2D eigenvalue weighted by molar-refractivity contribution is -0.200. The van der Waals surface area contributed by atoms with Gasteiger partial charge in [-0.3, -0.25) is 19.7 Å². The molecule has 5 rings (SSSR count). The summed E-state index contributed by atoms with van der Waals surface area (Å²) in [6.07, 6.45) is -5.36. The molecule has 1 saturated heterocycles. The van der Waals surface area contributed by atoms with Crippen LogP contribution in [0.3, 0.4) is 0 Å². The Bertz CT molecular complexity index is 1440. The number of carbonyl (C=O) groups is 4. The van der Waals surface area contributed by atoms with Crippen molar-refractivity contribution in [1.29, 1.82) is 0 Å². The van der Waals surface area contributed by atoms with Crippen molar-refractivity contribution in [1.82, 2.24) is 15.1 Å². The second-order valence-electron chi connectivity index (χ2n) is 10.6. The van der Waals surface area contributed by atoms with Crippen molar-refractivity contribution in [3.8, 4) is 0 Å². The van der Waals surface area contributed by atoms with Gasteiger partial charge in [0.2, 0.25) is 11.8 Å². The summed E-state index contributed by atoms with van der Waals surface area (Å²) >= 11 is 0. The predicted molar refractivity (Wildman–Crippen MR) is 131 cm³/mol. The zero-order chi connectivity index (χ0) is 29.2. The molecule has 0 radical (unpaired) electrons. The van der Waals surface area contributed by atoms with Gasteiger partial charge in [-0.25, -0.2) is 13.6 Å². The van der Waals surface area contributed by atoms with Crippen LogP contribution in [-0.2, 0) is 27.2 Å². The Balaban J connectivity index is 1.38. The van der Waals surface area contributed by atoms with Crippen LogP contribution in [-0.4, -0.2) is 58.9 Å². The Labute approximate surface area is 225 Å². The second-order valence-corrected chi connectivity index (χ2v) is 10.6. The highest BCUT2D eigenvalue weighted by molar-refractivity contribution is 6.07. The highest BCUT2D eigenvalue weighted by atomic mass is 19.4. The largest absolute Gasteiger partial charge is 0.403 e. The zero-order valence-corrected chi connectivity index (χ0v) is 21.5. The van der Waals surface area contributed by atoms with Gasteiger partial charge in [0.25, 0.3) is 5.91 Å². The fourth-order valence-corrected chi connectivity index (χ4v) is 5.54. The molecule has 5 amide bonds. The summed E-state index contributed by atoms with van der Waals surface area (Å²) in [5.74, 6) is -4.46. The van der Waals surface area contributed by atoms with Gasteiger partial charge in [0.1, 0.15) is 29.1 Å². The van der Waals surface area contributed by atoms with Crippen LogP contribution >= 0.6 is 0 Å². The van der Waals surface area contributed by atoms with Gasteiger partial charge in [0, 0.05) is 31.1 Å². The third-order valence-corrected chi connectivity index (χ3v) is 8.20. The number of hydrogen-bond donors (Lipinski definition) is 2. The average molecular weight is 565 g/mol. The van der Waals surface area contributed by atoms with Crippen LogP contribution in [0.25, 0.3) is 0 Å². The smallest absolute Gasteiger partial charge is 0.326 e. The molecule has 3 aliphatic rings. The molecule has 2 atom stereocenters. The molecule has 1 aliphatic heterocycles. The second kappa shape index (κ2) is 9.27. The number of halogens is 5. The zero-order valence-electron chi connectivity index (χ0n) is 21.5. The minimum absolute atomic E-state index is 0.189. The maximum Gasteiger partial charge on any atom is 0.403 e. The van der Waals surface area contributed by atoms with Gasteiger partial charge in [-0.15, -0.1) is 0 Å². The molecule has 40 heavy (non-hydrogen) atoms. The molecule has 13 heteroatoms. The maximum atomic E-state index is 14.5. The molecule has 2 N–H and O–H groups in total. The van der Waals surface area contributed by atoms with Crippen molar-refractivity contribution in [2.75, 3.05) is 18.9 Å². The molecule has 0 unspecified atom stereocenters. The number of rotatable bonds is 6. The highest BCUT2D eigenvalue weighted by Crippen LogP contribution is 2.59. The summed E-state index contributed by atoms with van der Waals surface area (Å²) in [5, 5.41) is 4.83. The Morgan fingerprint density at radius 1 is 1.07 bits per heavy atom. The van der Waals surface area contributed by atoms with Crippen molar-refractivity contribution < 1.29 is 41.1 Å². The van der Waals surface area contributed by atoms with E-state index in [1.165, 1.54) is 24.9 Å². The lowest BCUT2D eigenvalue weighted by Crippen LogP contribution is -2.48. The molecule has 1 heterocycles. The monoisotopic (exact) mass is 564 g/mol. The van der Waals surface area contributed by atoms with E-state index in [-0.39, 0.29) is 24.1 Å². The minimum Gasteiger partial charge on any atom is -0.326 e. The SMILES string of the molecule is C[C@@H](c1cc(F)ccc1F)N(CC(=O)Nc1ccc2c(c1)C[C@@]1(C2)C(=O)NC(=O)N1C)C(=O)C1(C(F)(F)F)CC1. The minimum atomic E-state index is -4.88. The van der Waals surface area contributed by atoms with Gasteiger partial charge in [-0.2, -0.15) is 13.2 Å². The van der Waals surface area contributed by atoms with E-state index in [1.54, 1.807) is 12.1 Å². The quantitative estimate of drug-likeness (QED) is 0.412. The first kappa shape index (κ1) is 27.5. The van der Waals surface area contributed by atoms with Crippen molar-refractivity contribution in [2.45, 2.75) is 50.4 Å². The van der Waals surface area contributed by atoms with E-state index in [0.29, 0.717) is 10.5 Å². The molecule has 1 spiro atoms. The maximum absolute atomic E-state index is 14.5. The Kier molecular flexibility index (Phi) is 6.38. The van der Waals surface area contributed by atoms with E-state index in [1.807, 2.05) is 0 Å². The molecular formula is C27H25F5N4O4. The fraction of sp³-hybridized carbons (Fsp3) is 0.407. The molecule has 2 aliphatic carbocycles. The Morgan fingerprint density at radius 3 is 2.35 bits per heavy atom. The number of amides is 5. The van der Waals surface area contributed by atoms with E-state index >= 15 is 0 Å². The number of likely N-dealkylation sites (N-methyl/N-ethyl adjacent to an activating group) is 1. The number of benzene rings is 2. The first-order valence-corrected chi connectivity index (χ1v) is 12.5. The molecule has 8 nitrogen and oxygen atoms in total. The molecule has 2 aromatic rings. The van der Waals surface area contributed by atoms with E-state index in [0.717, 1.165) is 23.8 Å². The van der Waals surface area contributed by atoms with E-state index in [4.69, 9.17) is 0 Å². The standard InChI is InChI=1S/C27H25F5N4O4/c1-14(19-10-17(28)4-6-20(19)29)36(23(39)25(7-8-25)27(30,31)32)13-21(37)33-18-5-3-15-11-26(12-16(15)9-18)22(38)34-24(40)35(26)2/h3-6,9-10,14H,7-8,11-13H2,1-2H3,(H,33,37)(H,34,38,40)/t14-,26-/m0/s1. The van der Waals surface area contributed by atoms with Gasteiger partial charge >= 0.3 is 12.2 Å². The molecule has 0 bridgehead atoms. The van der Waals surface area contributed by atoms with Gasteiger partial charge in [-0.1, -0.05) is 6.07 Å². The molecule has 1 saturated carbocycles. The molecular weight excluding hydrogens is 539 g/mol. The summed E-state index contributed by atoms with van der Waals surface area (Å²) < 4.78 is 69.8. The van der Waals surface area contributed by atoms with E-state index in [9.17, 15) is 41.1 Å². The first-order chi connectivity index (χ1) is 18.7. The molecule has 212 valence electrons. The Hall–Kier alpha value is -4.03. The lowest BCUT2D eigenvalue weighted by Gasteiger charge is -2.33. The number of urea groups is 1. The summed E-state index contributed by atoms with van der Waals surface area (Å²) in [6.45, 7) is 0.378. The van der Waals surface area contributed by atoms with Gasteiger partial charge in [-0.05, 0) is 61.2 Å². The number of nitrogens with zero attached hydrogens (tertiary/aromatic N) is 2. The van der Waals surface area contributed by atoms with E-state index < -0.39 is 77.9 Å². The van der Waals surface area contributed by atoms with Crippen LogP contribution in [0, 0.1) is 17.0 Å². The van der Waals surface area contributed by atoms with Crippen LogP contribution in [0.15, 0.2) is 36.4 Å². The van der Waals surface area contributed by atoms with E-state index in [2.05, 4.69) is 10.6 Å². The summed E-state index contributed by atoms with van der Waals surface area (Å²) in [5.41, 5.74) is -2.42. The van der Waals surface area contributed by atoms with Crippen molar-refractivity contribution >= 4 is 29.4 Å². The van der Waals surface area contributed by atoms with Crippen LogP contribution in [0.2, 0.25) is 0 Å². The van der Waals surface area contributed by atoms with Crippen LogP contribution in [0.4, 0.5) is 32.4 Å². The van der Waals surface area contributed by atoms with Gasteiger partial charge in [0.05, 0.1) is 6.04 Å². The number of anilines is 1. The predicted octanol–water partition coefficient (Wildman–Crippen LogP) is 3.85. The van der Waals surface area contributed by atoms with Crippen LogP contribution < -0.4 is 10.6 Å². The fourth-order valence-electron chi connectivity index (χ4n) is 5.54. The molecule has 2 fully saturated rings.